The van der Waals surface area contributed by atoms with E-state index < -0.39 is 64.1 Å². The molecule has 11 atom stereocenters. The van der Waals surface area contributed by atoms with Crippen molar-refractivity contribution in [3.05, 3.63) is 35.9 Å². The van der Waals surface area contributed by atoms with Gasteiger partial charge in [-0.3, -0.25) is 33.6 Å². The first-order valence-corrected chi connectivity index (χ1v) is 23.8. The Hall–Kier alpha value is -3.64. The summed E-state index contributed by atoms with van der Waals surface area (Å²) in [4.78, 5) is 75.3. The van der Waals surface area contributed by atoms with Crippen molar-refractivity contribution in [1.29, 1.82) is 0 Å². The maximum atomic E-state index is 14.4. The van der Waals surface area contributed by atoms with E-state index in [1.54, 1.807) is 48.0 Å². The number of nitrogens with zero attached hydrogens (tertiary/aromatic N) is 3. The van der Waals surface area contributed by atoms with E-state index in [0.29, 0.717) is 31.8 Å². The Labute approximate surface area is 363 Å². The van der Waals surface area contributed by atoms with Crippen LogP contribution >= 0.6 is 0 Å². The topological polar surface area (TPSA) is 210 Å². The zero-order valence-corrected chi connectivity index (χ0v) is 38.6. The number of hydrogen-bond donors (Lipinski definition) is 4. The summed E-state index contributed by atoms with van der Waals surface area (Å²) in [6, 6.07) is 6.14. The molecule has 1 unspecified atom stereocenters. The number of amides is 5. The molecule has 344 valence electrons. The standard InChI is InChI=1S/C44H73N7O9S/c1-10-28(4)38(50(7)44(56)37(27(2)3)47-43(55)39-31-19-20-32(25-31)49(39)6)35(59-8)26-36(52)51-22-14-18-34(51)40(60-9)29(5)41(53)46-33(24-30-16-12-11-13-17-30)42(54)48-61(57,58)23-15-21-45/h11-13,16-17,27-29,31-35,37-40H,10,14-15,18-26,45H2,1-9H3,(H,46,53)(H,47,55)(H,48,54)/t28-,29+,31?,32+,33-,34-,35+,37-,38-,39-,40+/m0/s1. The van der Waals surface area contributed by atoms with E-state index in [1.165, 1.54) is 14.2 Å². The summed E-state index contributed by atoms with van der Waals surface area (Å²) < 4.78 is 39.4. The lowest BCUT2D eigenvalue weighted by Gasteiger charge is -2.41. The Balaban J connectivity index is 1.48. The van der Waals surface area contributed by atoms with Gasteiger partial charge in [0.15, 0.2) is 0 Å². The van der Waals surface area contributed by atoms with Crippen LogP contribution < -0.4 is 21.1 Å². The smallest absolute Gasteiger partial charge is 0.256 e. The molecule has 0 spiro atoms. The van der Waals surface area contributed by atoms with Crippen LogP contribution in [0.15, 0.2) is 30.3 Å². The number of ether oxygens (including phenoxy) is 2. The predicted molar refractivity (Wildman–Crippen MR) is 233 cm³/mol. The fraction of sp³-hybridized carbons (Fsp3) is 0.750. The molecule has 5 N–H and O–H groups in total. The number of benzene rings is 1. The van der Waals surface area contributed by atoms with Crippen molar-refractivity contribution in [2.24, 2.45) is 29.4 Å². The van der Waals surface area contributed by atoms with Gasteiger partial charge in [-0.05, 0) is 75.4 Å². The van der Waals surface area contributed by atoms with Gasteiger partial charge in [0, 0.05) is 40.3 Å². The average Bonchev–Trinajstić information content (AvgIpc) is 3.99. The molecule has 2 saturated heterocycles. The van der Waals surface area contributed by atoms with Gasteiger partial charge in [0.25, 0.3) is 5.91 Å². The van der Waals surface area contributed by atoms with Crippen LogP contribution in [0.1, 0.15) is 91.5 Å². The van der Waals surface area contributed by atoms with Crippen LogP contribution in [-0.4, -0.2) is 148 Å². The van der Waals surface area contributed by atoms with Gasteiger partial charge in [-0.1, -0.05) is 71.4 Å². The Kier molecular flexibility index (Phi) is 18.6. The highest BCUT2D eigenvalue weighted by Gasteiger charge is 2.49. The number of sulfonamides is 1. The monoisotopic (exact) mass is 876 g/mol. The summed E-state index contributed by atoms with van der Waals surface area (Å²) in [5.74, 6) is -3.11. The third-order valence-electron chi connectivity index (χ3n) is 13.5. The van der Waals surface area contributed by atoms with E-state index in [1.807, 2.05) is 40.8 Å². The Morgan fingerprint density at radius 1 is 0.967 bits per heavy atom. The number of rotatable bonds is 23. The highest BCUT2D eigenvalue weighted by molar-refractivity contribution is 7.90. The lowest BCUT2D eigenvalue weighted by molar-refractivity contribution is -0.148. The summed E-state index contributed by atoms with van der Waals surface area (Å²) in [5.41, 5.74) is 6.21. The number of hydrogen-bond acceptors (Lipinski definition) is 11. The fourth-order valence-electron chi connectivity index (χ4n) is 9.80. The van der Waals surface area contributed by atoms with Crippen LogP contribution in [0.5, 0.6) is 0 Å². The van der Waals surface area contributed by atoms with Gasteiger partial charge in [-0.2, -0.15) is 0 Å². The Morgan fingerprint density at radius 3 is 2.23 bits per heavy atom. The molecule has 1 aromatic rings. The van der Waals surface area contributed by atoms with E-state index in [9.17, 15) is 32.4 Å². The lowest BCUT2D eigenvalue weighted by atomic mass is 9.89. The van der Waals surface area contributed by atoms with E-state index in [4.69, 9.17) is 15.2 Å². The summed E-state index contributed by atoms with van der Waals surface area (Å²) in [7, 11) is 2.74. The molecular formula is C44H73N7O9S. The van der Waals surface area contributed by atoms with E-state index in [-0.39, 0.29) is 73.1 Å². The molecule has 1 saturated carbocycles. The van der Waals surface area contributed by atoms with E-state index >= 15 is 0 Å². The Morgan fingerprint density at radius 2 is 1.66 bits per heavy atom. The van der Waals surface area contributed by atoms with Crippen molar-refractivity contribution in [3.63, 3.8) is 0 Å². The van der Waals surface area contributed by atoms with Crippen LogP contribution in [0.25, 0.3) is 0 Å². The number of likely N-dealkylation sites (tertiary alicyclic amines) is 2. The number of fused-ring (bicyclic) bond motifs is 2. The molecule has 2 bridgehead atoms. The maximum Gasteiger partial charge on any atom is 0.256 e. The summed E-state index contributed by atoms with van der Waals surface area (Å²) >= 11 is 0. The number of methoxy groups -OCH3 is 2. The van der Waals surface area contributed by atoms with Gasteiger partial charge in [0.05, 0.1) is 48.4 Å². The molecule has 16 nitrogen and oxygen atoms in total. The minimum Gasteiger partial charge on any atom is -0.379 e. The molecule has 2 aliphatic heterocycles. The third-order valence-corrected chi connectivity index (χ3v) is 14.8. The third kappa shape index (κ3) is 12.5. The van der Waals surface area contributed by atoms with Gasteiger partial charge in [0.2, 0.25) is 33.7 Å². The van der Waals surface area contributed by atoms with Crippen molar-refractivity contribution < 1.29 is 41.9 Å². The summed E-state index contributed by atoms with van der Waals surface area (Å²) in [6.07, 6.45) is 3.77. The van der Waals surface area contributed by atoms with Crippen LogP contribution in [0, 0.1) is 23.7 Å². The van der Waals surface area contributed by atoms with Gasteiger partial charge in [0.1, 0.15) is 12.1 Å². The zero-order chi connectivity index (χ0) is 45.2. The largest absolute Gasteiger partial charge is 0.379 e. The highest BCUT2D eigenvalue weighted by Crippen LogP contribution is 2.41. The van der Waals surface area contributed by atoms with Crippen LogP contribution in [0.3, 0.4) is 0 Å². The number of piperidine rings is 1. The van der Waals surface area contributed by atoms with Crippen molar-refractivity contribution in [2.45, 2.75) is 141 Å². The average molecular weight is 876 g/mol. The first-order valence-electron chi connectivity index (χ1n) is 22.1. The SMILES string of the molecule is CC[C@H](C)[C@@H]([C@@H](CC(=O)N1CCC[C@H]1[C@H](OC)[C@@H](C)C(=O)N[C@@H](Cc1ccccc1)C(=O)NS(=O)(=O)CCCN)OC)N(C)C(=O)[C@@H](NC(=O)[C@@H]1C2CC[C@H](C2)N1C)C(C)C. The normalized spacial score (nSPS) is 23.8. The fourth-order valence-corrected chi connectivity index (χ4v) is 10.9. The highest BCUT2D eigenvalue weighted by atomic mass is 32.2. The molecule has 0 radical (unpaired) electrons. The van der Waals surface area contributed by atoms with Crippen LogP contribution in [0.2, 0.25) is 0 Å². The molecule has 0 aromatic heterocycles. The maximum absolute atomic E-state index is 14.4. The molecule has 61 heavy (non-hydrogen) atoms. The molecule has 2 heterocycles. The molecule has 4 rings (SSSR count). The number of nitrogens with two attached hydrogens (primary N) is 1. The van der Waals surface area contributed by atoms with Gasteiger partial charge in [-0.15, -0.1) is 0 Å². The second-order valence-electron chi connectivity index (χ2n) is 17.8. The van der Waals surface area contributed by atoms with E-state index in [2.05, 4.69) is 20.3 Å². The minimum atomic E-state index is -3.99. The molecule has 1 aromatic carbocycles. The molecular weight excluding hydrogens is 803 g/mol. The van der Waals surface area contributed by atoms with Crippen molar-refractivity contribution in [2.75, 3.05) is 47.2 Å². The molecule has 3 aliphatic rings. The van der Waals surface area contributed by atoms with Crippen molar-refractivity contribution >= 4 is 39.6 Å². The predicted octanol–water partition coefficient (Wildman–Crippen LogP) is 2.05. The molecule has 5 amide bonds. The quantitative estimate of drug-likeness (QED) is 0.125. The molecule has 1 aliphatic carbocycles. The zero-order valence-electron chi connectivity index (χ0n) is 37.8. The summed E-state index contributed by atoms with van der Waals surface area (Å²) in [5, 5.41) is 5.88. The number of nitrogens with one attached hydrogen (secondary N) is 3. The number of carbonyl (C=O) groups is 5. The Bertz CT molecular complexity index is 1750. The molecule has 3 fully saturated rings. The van der Waals surface area contributed by atoms with Crippen LogP contribution in [0.4, 0.5) is 0 Å². The molecule has 17 heteroatoms. The van der Waals surface area contributed by atoms with Crippen molar-refractivity contribution in [3.8, 4) is 0 Å². The number of carbonyl (C=O) groups excluding carboxylic acids is 5. The van der Waals surface area contributed by atoms with E-state index in [0.717, 1.165) is 24.8 Å². The second-order valence-corrected chi connectivity index (χ2v) is 19.7. The van der Waals surface area contributed by atoms with Crippen molar-refractivity contribution in [1.82, 2.24) is 30.1 Å². The van der Waals surface area contributed by atoms with Gasteiger partial charge in [-0.25, -0.2) is 8.42 Å². The van der Waals surface area contributed by atoms with Gasteiger partial charge < -0.3 is 35.6 Å². The number of likely N-dealkylation sites (N-methyl/N-ethyl adjacent to an activating group) is 2. The second kappa shape index (κ2) is 22.6. The first kappa shape index (κ1) is 50.0. The summed E-state index contributed by atoms with van der Waals surface area (Å²) in [6.45, 7) is 10.1. The minimum absolute atomic E-state index is 0.0385. The van der Waals surface area contributed by atoms with Gasteiger partial charge >= 0.3 is 0 Å². The van der Waals surface area contributed by atoms with Crippen LogP contribution in [-0.2, 0) is 49.9 Å². The lowest BCUT2D eigenvalue weighted by Crippen LogP contribution is -2.60. The first-order chi connectivity index (χ1) is 28.9.